The van der Waals surface area contributed by atoms with E-state index in [9.17, 15) is 4.79 Å². The molecule has 0 aromatic heterocycles. The van der Waals surface area contributed by atoms with Gasteiger partial charge in [-0.3, -0.25) is 9.69 Å². The number of carbonyl (C=O) groups excluding carboxylic acids is 1. The third-order valence-corrected chi connectivity index (χ3v) is 6.18. The molecular formula is C19H25ClN2O2. The van der Waals surface area contributed by atoms with Gasteiger partial charge in [0.05, 0.1) is 18.6 Å². The van der Waals surface area contributed by atoms with Crippen molar-refractivity contribution in [2.45, 2.75) is 31.2 Å². The van der Waals surface area contributed by atoms with E-state index in [1.54, 1.807) is 0 Å². The van der Waals surface area contributed by atoms with Crippen LogP contribution < -0.4 is 0 Å². The highest BCUT2D eigenvalue weighted by atomic mass is 35.5. The number of rotatable bonds is 3. The Hall–Kier alpha value is -1.10. The van der Waals surface area contributed by atoms with Gasteiger partial charge in [-0.05, 0) is 36.5 Å². The Bertz CT molecular complexity index is 608. The largest absolute Gasteiger partial charge is 0.379 e. The van der Waals surface area contributed by atoms with E-state index in [0.717, 1.165) is 62.8 Å². The van der Waals surface area contributed by atoms with Crippen molar-refractivity contribution in [1.29, 1.82) is 0 Å². The first-order chi connectivity index (χ1) is 11.6. The zero-order chi connectivity index (χ0) is 16.7. The molecule has 0 spiro atoms. The minimum atomic E-state index is -0.287. The van der Waals surface area contributed by atoms with Crippen molar-refractivity contribution in [3.63, 3.8) is 0 Å². The van der Waals surface area contributed by atoms with E-state index in [1.807, 2.05) is 24.3 Å². The maximum atomic E-state index is 13.2. The van der Waals surface area contributed by atoms with Crippen molar-refractivity contribution in [2.75, 3.05) is 39.4 Å². The molecule has 0 radical (unpaired) electrons. The minimum absolute atomic E-state index is 0.287. The topological polar surface area (TPSA) is 32.8 Å². The average Bonchev–Trinajstić information content (AvgIpc) is 3.32. The summed E-state index contributed by atoms with van der Waals surface area (Å²) in [6.45, 7) is 7.59. The van der Waals surface area contributed by atoms with Crippen molar-refractivity contribution >= 4 is 17.5 Å². The molecule has 2 heterocycles. The first-order valence-corrected chi connectivity index (χ1v) is 9.35. The van der Waals surface area contributed by atoms with Gasteiger partial charge in [-0.2, -0.15) is 0 Å². The summed E-state index contributed by atoms with van der Waals surface area (Å²) in [7, 11) is 0. The summed E-state index contributed by atoms with van der Waals surface area (Å²) < 4.78 is 5.47. The molecule has 1 aliphatic carbocycles. The standard InChI is InChI=1S/C19H25ClN2O2/c1-14-12-22(13-17(14)21-8-10-24-11-9-21)18(23)19(6-7-19)15-2-4-16(20)5-3-15/h2-5,14,17H,6-13H2,1H3. The Morgan fingerprint density at radius 2 is 1.83 bits per heavy atom. The summed E-state index contributed by atoms with van der Waals surface area (Å²) in [5.74, 6) is 0.834. The second kappa shape index (κ2) is 6.32. The lowest BCUT2D eigenvalue weighted by Gasteiger charge is -2.34. The summed E-state index contributed by atoms with van der Waals surface area (Å²) in [4.78, 5) is 17.8. The predicted molar refractivity (Wildman–Crippen MR) is 94.3 cm³/mol. The Labute approximate surface area is 148 Å². The molecule has 3 aliphatic rings. The lowest BCUT2D eigenvalue weighted by molar-refractivity contribution is -0.133. The lowest BCUT2D eigenvalue weighted by Crippen LogP contribution is -2.47. The number of benzene rings is 1. The maximum absolute atomic E-state index is 13.2. The quantitative estimate of drug-likeness (QED) is 0.841. The number of amides is 1. The van der Waals surface area contributed by atoms with Crippen LogP contribution in [0.3, 0.4) is 0 Å². The van der Waals surface area contributed by atoms with Gasteiger partial charge in [-0.1, -0.05) is 30.7 Å². The lowest BCUT2D eigenvalue weighted by atomic mass is 9.94. The van der Waals surface area contributed by atoms with Gasteiger partial charge in [0, 0.05) is 37.2 Å². The van der Waals surface area contributed by atoms with E-state index < -0.39 is 0 Å². The average molecular weight is 349 g/mol. The number of hydrogen-bond acceptors (Lipinski definition) is 3. The molecule has 4 nitrogen and oxygen atoms in total. The van der Waals surface area contributed by atoms with Crippen LogP contribution in [-0.2, 0) is 14.9 Å². The highest BCUT2D eigenvalue weighted by Gasteiger charge is 2.54. The third kappa shape index (κ3) is 2.85. The summed E-state index contributed by atoms with van der Waals surface area (Å²) in [6, 6.07) is 8.30. The summed E-state index contributed by atoms with van der Waals surface area (Å²) >= 11 is 6.00. The molecule has 0 N–H and O–H groups in total. The number of hydrogen-bond donors (Lipinski definition) is 0. The Morgan fingerprint density at radius 1 is 1.17 bits per heavy atom. The minimum Gasteiger partial charge on any atom is -0.379 e. The van der Waals surface area contributed by atoms with Crippen LogP contribution in [0.1, 0.15) is 25.3 Å². The zero-order valence-corrected chi connectivity index (χ0v) is 15.0. The van der Waals surface area contributed by atoms with E-state index in [0.29, 0.717) is 17.9 Å². The van der Waals surface area contributed by atoms with E-state index in [1.165, 1.54) is 0 Å². The molecule has 1 aromatic carbocycles. The molecule has 1 saturated carbocycles. The van der Waals surface area contributed by atoms with Gasteiger partial charge < -0.3 is 9.64 Å². The molecule has 1 amide bonds. The molecule has 130 valence electrons. The molecule has 2 atom stereocenters. The fourth-order valence-electron chi connectivity index (χ4n) is 4.32. The SMILES string of the molecule is CC1CN(C(=O)C2(c3ccc(Cl)cc3)CC2)CC1N1CCOCC1. The van der Waals surface area contributed by atoms with Crippen molar-refractivity contribution in [1.82, 2.24) is 9.80 Å². The van der Waals surface area contributed by atoms with Crippen LogP contribution >= 0.6 is 11.6 Å². The molecule has 2 aliphatic heterocycles. The number of carbonyl (C=O) groups is 1. The second-order valence-corrected chi connectivity index (χ2v) is 7.93. The van der Waals surface area contributed by atoms with E-state index >= 15 is 0 Å². The molecule has 5 heteroatoms. The van der Waals surface area contributed by atoms with Crippen LogP contribution in [-0.4, -0.2) is 61.1 Å². The van der Waals surface area contributed by atoms with Crippen molar-refractivity contribution in [3.05, 3.63) is 34.9 Å². The normalized spacial score (nSPS) is 29.7. The van der Waals surface area contributed by atoms with Crippen LogP contribution in [0.5, 0.6) is 0 Å². The molecule has 4 rings (SSSR count). The van der Waals surface area contributed by atoms with E-state index in [4.69, 9.17) is 16.3 Å². The van der Waals surface area contributed by atoms with Gasteiger partial charge in [0.25, 0.3) is 0 Å². The van der Waals surface area contributed by atoms with Crippen LogP contribution in [0.25, 0.3) is 0 Å². The molecule has 24 heavy (non-hydrogen) atoms. The van der Waals surface area contributed by atoms with Gasteiger partial charge in [0.1, 0.15) is 0 Å². The third-order valence-electron chi connectivity index (χ3n) is 5.93. The van der Waals surface area contributed by atoms with Gasteiger partial charge in [0.2, 0.25) is 5.91 Å². The number of ether oxygens (including phenoxy) is 1. The first-order valence-electron chi connectivity index (χ1n) is 8.97. The van der Waals surface area contributed by atoms with Gasteiger partial charge >= 0.3 is 0 Å². The van der Waals surface area contributed by atoms with Crippen LogP contribution in [0, 0.1) is 5.92 Å². The molecule has 0 bridgehead atoms. The van der Waals surface area contributed by atoms with Crippen molar-refractivity contribution < 1.29 is 9.53 Å². The Morgan fingerprint density at radius 3 is 2.46 bits per heavy atom. The molecular weight excluding hydrogens is 324 g/mol. The number of halogens is 1. The number of likely N-dealkylation sites (tertiary alicyclic amines) is 1. The fourth-order valence-corrected chi connectivity index (χ4v) is 4.45. The highest BCUT2D eigenvalue weighted by Crippen LogP contribution is 2.50. The summed E-state index contributed by atoms with van der Waals surface area (Å²) in [5.41, 5.74) is 0.837. The van der Waals surface area contributed by atoms with E-state index in [2.05, 4.69) is 16.7 Å². The molecule has 2 saturated heterocycles. The smallest absolute Gasteiger partial charge is 0.233 e. The van der Waals surface area contributed by atoms with Crippen LogP contribution in [0.2, 0.25) is 5.02 Å². The predicted octanol–water partition coefficient (Wildman–Crippen LogP) is 2.55. The molecule has 1 aromatic rings. The van der Waals surface area contributed by atoms with Crippen molar-refractivity contribution in [2.24, 2.45) is 5.92 Å². The highest BCUT2D eigenvalue weighted by molar-refractivity contribution is 6.30. The number of nitrogens with zero attached hydrogens (tertiary/aromatic N) is 2. The van der Waals surface area contributed by atoms with Crippen molar-refractivity contribution in [3.8, 4) is 0 Å². The molecule has 3 fully saturated rings. The number of morpholine rings is 1. The molecule has 2 unspecified atom stereocenters. The van der Waals surface area contributed by atoms with Crippen LogP contribution in [0.4, 0.5) is 0 Å². The first kappa shape index (κ1) is 16.4. The summed E-state index contributed by atoms with van der Waals surface area (Å²) in [6.07, 6.45) is 1.92. The van der Waals surface area contributed by atoms with E-state index in [-0.39, 0.29) is 5.41 Å². The Balaban J connectivity index is 1.48. The second-order valence-electron chi connectivity index (χ2n) is 7.49. The summed E-state index contributed by atoms with van der Waals surface area (Å²) in [5, 5.41) is 0.726. The van der Waals surface area contributed by atoms with Crippen LogP contribution in [0.15, 0.2) is 24.3 Å². The maximum Gasteiger partial charge on any atom is 0.233 e. The zero-order valence-electron chi connectivity index (χ0n) is 14.2. The monoisotopic (exact) mass is 348 g/mol. The van der Waals surface area contributed by atoms with Gasteiger partial charge in [-0.15, -0.1) is 0 Å². The Kier molecular flexibility index (Phi) is 4.31. The van der Waals surface area contributed by atoms with Gasteiger partial charge in [0.15, 0.2) is 0 Å². The van der Waals surface area contributed by atoms with Gasteiger partial charge in [-0.25, -0.2) is 0 Å². The fraction of sp³-hybridized carbons (Fsp3) is 0.632.